The van der Waals surface area contributed by atoms with Crippen LogP contribution in [0.1, 0.15) is 20.3 Å². The molecule has 0 aromatic heterocycles. The number of amides is 1. The highest BCUT2D eigenvalue weighted by atomic mass is 127. The predicted molar refractivity (Wildman–Crippen MR) is 94.8 cm³/mol. The highest BCUT2D eigenvalue weighted by molar-refractivity contribution is 14.0. The fraction of sp³-hybridized carbons (Fsp3) is 0.846. The van der Waals surface area contributed by atoms with E-state index in [1.54, 1.807) is 13.8 Å². The first-order valence-electron chi connectivity index (χ1n) is 7.05. The summed E-state index contributed by atoms with van der Waals surface area (Å²) in [5.74, 6) is -0.0114. The maximum atomic E-state index is 11.1. The molecule has 0 radical (unpaired) electrons. The number of nitrogens with one attached hydrogen (secondary N) is 1. The van der Waals surface area contributed by atoms with Crippen LogP contribution in [0, 0.1) is 5.41 Å². The van der Waals surface area contributed by atoms with Crippen LogP contribution in [0.2, 0.25) is 0 Å². The van der Waals surface area contributed by atoms with E-state index >= 15 is 0 Å². The Morgan fingerprint density at radius 1 is 1.33 bits per heavy atom. The Labute approximate surface area is 143 Å². The quantitative estimate of drug-likeness (QED) is 0.231. The molecule has 0 atom stereocenters. The smallest absolute Gasteiger partial charge is 0.224 e. The van der Waals surface area contributed by atoms with Crippen LogP contribution >= 0.6 is 24.0 Å². The maximum absolute atomic E-state index is 11.1. The Morgan fingerprint density at radius 3 is 2.52 bits per heavy atom. The third kappa shape index (κ3) is 8.42. The van der Waals surface area contributed by atoms with E-state index in [9.17, 15) is 4.79 Å². The highest BCUT2D eigenvalue weighted by Gasteiger charge is 2.24. The number of hydrogen-bond donors (Lipinski definition) is 3. The van der Waals surface area contributed by atoms with Crippen molar-refractivity contribution in [3.8, 4) is 0 Å². The Hall–Kier alpha value is -0.610. The van der Waals surface area contributed by atoms with Crippen LogP contribution in [0.3, 0.4) is 0 Å². The van der Waals surface area contributed by atoms with Crippen LogP contribution < -0.4 is 16.8 Å². The highest BCUT2D eigenvalue weighted by Crippen LogP contribution is 2.13. The molecule has 0 aromatic rings. The monoisotopic (exact) mass is 413 g/mol. The maximum Gasteiger partial charge on any atom is 0.224 e. The zero-order valence-electron chi connectivity index (χ0n) is 12.9. The van der Waals surface area contributed by atoms with Crippen molar-refractivity contribution in [2.24, 2.45) is 21.9 Å². The molecule has 5 N–H and O–H groups in total. The van der Waals surface area contributed by atoms with Crippen molar-refractivity contribution in [2.45, 2.75) is 20.3 Å². The van der Waals surface area contributed by atoms with Crippen molar-refractivity contribution in [1.29, 1.82) is 0 Å². The zero-order valence-corrected chi connectivity index (χ0v) is 15.3. The molecule has 0 unspecified atom stereocenters. The van der Waals surface area contributed by atoms with Crippen LogP contribution in [-0.2, 0) is 9.53 Å². The first-order chi connectivity index (χ1) is 9.42. The van der Waals surface area contributed by atoms with E-state index in [0.717, 1.165) is 45.8 Å². The van der Waals surface area contributed by atoms with Gasteiger partial charge in [-0.25, -0.2) is 0 Å². The second-order valence-electron chi connectivity index (χ2n) is 5.68. The van der Waals surface area contributed by atoms with Gasteiger partial charge in [-0.1, -0.05) is 0 Å². The summed E-state index contributed by atoms with van der Waals surface area (Å²) >= 11 is 0. The number of nitrogens with two attached hydrogens (primary N) is 2. The van der Waals surface area contributed by atoms with Gasteiger partial charge in [0, 0.05) is 19.6 Å². The van der Waals surface area contributed by atoms with Gasteiger partial charge in [0.2, 0.25) is 5.91 Å². The Balaban J connectivity index is 0.00000400. The van der Waals surface area contributed by atoms with Gasteiger partial charge in [-0.15, -0.1) is 24.0 Å². The summed E-state index contributed by atoms with van der Waals surface area (Å²) in [7, 11) is 0. The van der Waals surface area contributed by atoms with Gasteiger partial charge in [0.1, 0.15) is 0 Å². The van der Waals surface area contributed by atoms with Crippen LogP contribution in [0.15, 0.2) is 4.99 Å². The van der Waals surface area contributed by atoms with Gasteiger partial charge in [0.05, 0.1) is 25.2 Å². The molecule has 1 rings (SSSR count). The molecule has 21 heavy (non-hydrogen) atoms. The molecule has 1 saturated heterocycles. The third-order valence-electron chi connectivity index (χ3n) is 3.37. The normalized spacial score (nSPS) is 17.1. The van der Waals surface area contributed by atoms with Crippen molar-refractivity contribution < 1.29 is 9.53 Å². The Bertz CT molecular complexity index is 343. The molecule has 1 fully saturated rings. The number of carbonyl (C=O) groups excluding carboxylic acids is 1. The summed E-state index contributed by atoms with van der Waals surface area (Å²) in [4.78, 5) is 17.7. The topological polar surface area (TPSA) is 106 Å². The fourth-order valence-corrected chi connectivity index (χ4v) is 1.76. The second kappa shape index (κ2) is 10.2. The SMILES string of the molecule is CC(C)(CN=C(N)NCCCN1CCOCC1)C(N)=O.I. The molecule has 1 aliphatic heterocycles. The molecule has 0 spiro atoms. The molecular weight excluding hydrogens is 385 g/mol. The van der Waals surface area contributed by atoms with Gasteiger partial charge >= 0.3 is 0 Å². The van der Waals surface area contributed by atoms with Crippen LogP contribution in [0.5, 0.6) is 0 Å². The lowest BCUT2D eigenvalue weighted by molar-refractivity contribution is -0.125. The van der Waals surface area contributed by atoms with Gasteiger partial charge in [-0.05, 0) is 26.8 Å². The summed E-state index contributed by atoms with van der Waals surface area (Å²) < 4.78 is 5.29. The van der Waals surface area contributed by atoms with Crippen molar-refractivity contribution in [3.05, 3.63) is 0 Å². The van der Waals surface area contributed by atoms with Gasteiger partial charge in [-0.3, -0.25) is 14.7 Å². The first kappa shape index (κ1) is 20.4. The van der Waals surface area contributed by atoms with Crippen molar-refractivity contribution >= 4 is 35.8 Å². The molecule has 0 aliphatic carbocycles. The number of primary amides is 1. The van der Waals surface area contributed by atoms with Crippen molar-refractivity contribution in [1.82, 2.24) is 10.2 Å². The van der Waals surface area contributed by atoms with Crippen LogP contribution in [0.4, 0.5) is 0 Å². The zero-order chi connectivity index (χ0) is 15.0. The predicted octanol–water partition coefficient (Wildman–Crippen LogP) is -0.257. The Kier molecular flexibility index (Phi) is 9.88. The molecule has 1 heterocycles. The fourth-order valence-electron chi connectivity index (χ4n) is 1.76. The van der Waals surface area contributed by atoms with Gasteiger partial charge in [0.25, 0.3) is 0 Å². The van der Waals surface area contributed by atoms with Gasteiger partial charge < -0.3 is 21.5 Å². The van der Waals surface area contributed by atoms with E-state index in [0.29, 0.717) is 12.5 Å². The summed E-state index contributed by atoms with van der Waals surface area (Å²) in [6.45, 7) is 9.23. The number of morpholine rings is 1. The number of halogens is 1. The summed E-state index contributed by atoms with van der Waals surface area (Å²) in [5, 5.41) is 3.05. The van der Waals surface area contributed by atoms with E-state index in [4.69, 9.17) is 16.2 Å². The average molecular weight is 413 g/mol. The number of ether oxygens (including phenoxy) is 1. The lowest BCUT2D eigenvalue weighted by Crippen LogP contribution is -2.40. The van der Waals surface area contributed by atoms with Crippen molar-refractivity contribution in [3.63, 3.8) is 0 Å². The van der Waals surface area contributed by atoms with E-state index in [1.165, 1.54) is 0 Å². The third-order valence-corrected chi connectivity index (χ3v) is 3.37. The summed E-state index contributed by atoms with van der Waals surface area (Å²) in [5.41, 5.74) is 10.4. The number of rotatable bonds is 7. The number of nitrogens with zero attached hydrogens (tertiary/aromatic N) is 2. The first-order valence-corrected chi connectivity index (χ1v) is 7.05. The lowest BCUT2D eigenvalue weighted by atomic mass is 9.93. The van der Waals surface area contributed by atoms with Crippen LogP contribution in [-0.4, -0.2) is 62.7 Å². The molecule has 124 valence electrons. The van der Waals surface area contributed by atoms with E-state index in [2.05, 4.69) is 15.2 Å². The summed E-state index contributed by atoms with van der Waals surface area (Å²) in [6.07, 6.45) is 0.995. The van der Waals surface area contributed by atoms with Crippen LogP contribution in [0.25, 0.3) is 0 Å². The molecule has 7 nitrogen and oxygen atoms in total. The van der Waals surface area contributed by atoms with E-state index in [-0.39, 0.29) is 29.9 Å². The standard InChI is InChI=1S/C13H27N5O2.HI/c1-13(2,11(14)19)10-17-12(15)16-4-3-5-18-6-8-20-9-7-18;/h3-10H2,1-2H3,(H2,14,19)(H3,15,16,17);1H. The van der Waals surface area contributed by atoms with E-state index in [1.807, 2.05) is 0 Å². The van der Waals surface area contributed by atoms with Crippen molar-refractivity contribution in [2.75, 3.05) is 45.9 Å². The van der Waals surface area contributed by atoms with Gasteiger partial charge in [0.15, 0.2) is 5.96 Å². The van der Waals surface area contributed by atoms with E-state index < -0.39 is 5.41 Å². The molecule has 1 aliphatic rings. The van der Waals surface area contributed by atoms with Gasteiger partial charge in [-0.2, -0.15) is 0 Å². The Morgan fingerprint density at radius 2 is 1.95 bits per heavy atom. The second-order valence-corrected chi connectivity index (χ2v) is 5.68. The molecule has 0 aromatic carbocycles. The molecule has 0 bridgehead atoms. The minimum Gasteiger partial charge on any atom is -0.379 e. The molecule has 0 saturated carbocycles. The minimum absolute atomic E-state index is 0. The molecular formula is C13H28IN5O2. The summed E-state index contributed by atoms with van der Waals surface area (Å²) in [6, 6.07) is 0. The largest absolute Gasteiger partial charge is 0.379 e. The average Bonchev–Trinajstić information content (AvgIpc) is 2.42. The molecule has 8 heteroatoms. The minimum atomic E-state index is -0.667. The molecule has 1 amide bonds. The number of aliphatic imine (C=N–C) groups is 1. The number of guanidine groups is 1. The number of carbonyl (C=O) groups is 1. The number of hydrogen-bond acceptors (Lipinski definition) is 4. The lowest BCUT2D eigenvalue weighted by Gasteiger charge is -2.26.